The van der Waals surface area contributed by atoms with E-state index in [-0.39, 0.29) is 111 Å². The lowest BCUT2D eigenvalue weighted by atomic mass is 12.0. The molecule has 0 aliphatic rings. The average Bonchev–Trinajstić information content (AvgIpc) is 2.74. The van der Waals surface area contributed by atoms with E-state index in [2.05, 4.69) is 36.9 Å². The van der Waals surface area contributed by atoms with Gasteiger partial charge >= 0.3 is 0 Å². The average molecular weight is 655 g/mol. The van der Waals surface area contributed by atoms with E-state index in [1.165, 1.54) is 0 Å². The maximum Gasteiger partial charge on any atom is 0.115 e. The minimum Gasteiger partial charge on any atom is -0.344 e. The van der Waals surface area contributed by atoms with Gasteiger partial charge in [-0.05, 0) is 0 Å². The lowest BCUT2D eigenvalue weighted by Gasteiger charge is -1.10. The third-order valence-electron chi connectivity index (χ3n) is 0. The highest BCUT2D eigenvalue weighted by molar-refractivity contribution is 7.15. The SMILES string of the molecule is C.C.C.C.C.C.C.C.C.C.C.C.C.C.C.[2H]N.[2H]N.[2H]N.[2H]N.[2H]N.[2H]N.[2H]P([3H])C.[2H]P([3H])C.[2H]P([3H])C.[2H]P([3H])C.[2H]P([3H])C.[2H]P([3H])C. The van der Waals surface area contributed by atoms with Crippen LogP contribution in [0.2, 0.25) is 8.47 Å². The Labute approximate surface area is 267 Å². The van der Waals surface area contributed by atoms with Crippen LogP contribution in [0, 0.1) is 0 Å². The van der Waals surface area contributed by atoms with Crippen molar-refractivity contribution in [1.29, 1.82) is 15.3 Å². The molecule has 0 bridgehead atoms. The van der Waals surface area contributed by atoms with Gasteiger partial charge in [0.2, 0.25) is 0 Å². The lowest BCUT2D eigenvalue weighted by molar-refractivity contribution is 2.13. The summed E-state index contributed by atoms with van der Waals surface area (Å²) in [5.74, 6) is 0. The van der Waals surface area contributed by atoms with Crippen LogP contribution in [-0.4, -0.2) is 55.3 Å². The Bertz CT molecular complexity index is 166. The molecule has 0 aromatic heterocycles. The fraction of sp³-hybridized carbons (Fsp3) is 1.00. The van der Waals surface area contributed by atoms with Gasteiger partial charge in [0.05, 0.1) is 15.3 Å². The quantitative estimate of drug-likeness (QED) is 0.140. The van der Waals surface area contributed by atoms with Gasteiger partial charge in [-0.2, -0.15) is 0 Å². The van der Waals surface area contributed by atoms with Gasteiger partial charge in [-0.1, -0.05) is 151 Å². The van der Waals surface area contributed by atoms with Crippen LogP contribution in [0.3, 0.4) is 0 Å². The van der Waals surface area contributed by atoms with Crippen molar-refractivity contribution >= 4 is 54.8 Å². The van der Waals surface area contributed by atoms with E-state index in [0.717, 1.165) is 0 Å². The zero-order chi connectivity index (χ0) is 33.5. The molecule has 12 heteroatoms. The highest BCUT2D eigenvalue weighted by Gasteiger charge is 0.916. The standard InChI is InChI=1S/6CH5P.15CH4.6H3N/c6*1-2;;;;;;;;;;;;;;;;;;;;;/h6*2H2,1H3;15*1H4;6*1H3/i6*2TD;;;;;;;;;;;;;;;;;;;;;/hD6. The summed E-state index contributed by atoms with van der Waals surface area (Å²) < 4.78 is 107. The van der Waals surface area contributed by atoms with Crippen LogP contribution in [0.1, 0.15) is 111 Å². The Kier molecular flexibility index (Phi) is 12700. The van der Waals surface area contributed by atoms with E-state index >= 15 is 0 Å². The molecule has 252 valence electrons. The fourth-order valence-electron chi connectivity index (χ4n) is 0. The van der Waals surface area contributed by atoms with Gasteiger partial charge in [-0.3, -0.25) is 0 Å². The molecule has 0 aromatic carbocycles. The number of hydrogen-bond donors (Lipinski definition) is 6. The topological polar surface area (TPSA) is 210 Å². The van der Waals surface area contributed by atoms with Crippen LogP contribution in [0.25, 0.3) is 0 Å². The van der Waals surface area contributed by atoms with Crippen LogP contribution in [-0.2, 0) is 0 Å². The Hall–Kier alpha value is 2.34. The summed E-state index contributed by atoms with van der Waals surface area (Å²) in [4.78, 5) is 0. The normalized spacial score (nSPS) is 13.1. The van der Waals surface area contributed by atoms with E-state index in [4.69, 9.17) is 23.8 Å². The number of rotatable bonds is 0. The molecule has 0 saturated heterocycles. The molecule has 0 rings (SSSR count). The second-order valence-corrected chi connectivity index (χ2v) is 0. The van der Waals surface area contributed by atoms with Gasteiger partial charge in [-0.15, -0.1) is 54.8 Å². The lowest BCUT2D eigenvalue weighted by Crippen LogP contribution is -0.804. The van der Waals surface area contributed by atoms with Crippen LogP contribution in [0.5, 0.6) is 0 Å². The molecular formula is C21H108N6P6. The summed E-state index contributed by atoms with van der Waals surface area (Å²) in [6, 6.07) is 0. The van der Waals surface area contributed by atoms with Crippen LogP contribution in [0.15, 0.2) is 0 Å². The molecule has 6 atom stereocenters. The van der Waals surface area contributed by atoms with Crippen molar-refractivity contribution in [2.75, 3.05) is 40.0 Å². The molecule has 0 aliphatic carbocycles. The van der Waals surface area contributed by atoms with Gasteiger partial charge in [-0.25, -0.2) is 0 Å². The van der Waals surface area contributed by atoms with Crippen molar-refractivity contribution in [1.82, 2.24) is 36.9 Å². The largest absolute Gasteiger partial charge is 0.344 e. The van der Waals surface area contributed by atoms with Gasteiger partial charge in [0.15, 0.2) is 0 Å². The van der Waals surface area contributed by atoms with Crippen LogP contribution >= 0.6 is 54.8 Å². The van der Waals surface area contributed by atoms with Gasteiger partial charge in [0.25, 0.3) is 0 Å². The van der Waals surface area contributed by atoms with Crippen molar-refractivity contribution in [2.45, 2.75) is 111 Å². The molecule has 18 N–H and O–H groups in total. The van der Waals surface area contributed by atoms with Gasteiger partial charge in [0, 0.05) is 0 Å². The third-order valence-corrected chi connectivity index (χ3v) is 0. The molecule has 0 amide bonds. The summed E-state index contributed by atoms with van der Waals surface area (Å²) in [7, 11) is -6.72. The van der Waals surface area contributed by atoms with E-state index in [0.29, 0.717) is 0 Å². The maximum atomic E-state index is 6.31. The maximum absolute atomic E-state index is 6.31. The Morgan fingerprint density at radius 2 is 0.333 bits per heavy atom. The summed E-state index contributed by atoms with van der Waals surface area (Å²) in [5.41, 5.74) is 0. The van der Waals surface area contributed by atoms with Crippen LogP contribution in [0.4, 0.5) is 0 Å². The Morgan fingerprint density at radius 3 is 0.333 bits per heavy atom. The van der Waals surface area contributed by atoms with Gasteiger partial charge < -0.3 is 36.9 Å². The summed E-state index contributed by atoms with van der Waals surface area (Å²) in [6.07, 6.45) is 22.5. The summed E-state index contributed by atoms with van der Waals surface area (Å²) in [5, 5.41) is 0. The fourth-order valence-corrected chi connectivity index (χ4v) is 0. The molecule has 0 heterocycles. The minimum atomic E-state index is -1.12. The number of hydrogen-bond acceptors (Lipinski definition) is 6. The first-order valence-electron chi connectivity index (χ1n) is 11.5. The van der Waals surface area contributed by atoms with Crippen molar-refractivity contribution in [3.8, 4) is 0 Å². The summed E-state index contributed by atoms with van der Waals surface area (Å²) in [6.45, 7) is 9.39. The van der Waals surface area contributed by atoms with E-state index in [1.807, 2.05) is 0 Å². The molecule has 6 nitrogen and oxygen atoms in total. The predicted octanol–water partition coefficient (Wildman–Crippen LogP) is 13.5. The van der Waals surface area contributed by atoms with Crippen molar-refractivity contribution in [2.24, 2.45) is 0 Å². The Balaban J connectivity index is -0.00000000485. The first-order chi connectivity index (χ1) is 16.4. The monoisotopic (exact) mass is 655 g/mol. The Morgan fingerprint density at radius 1 is 0.333 bits per heavy atom. The molecule has 0 aromatic rings. The summed E-state index contributed by atoms with van der Waals surface area (Å²) >= 11 is 0. The molecule has 0 radical (unpaired) electrons. The second-order valence-electron chi connectivity index (χ2n) is 0. The van der Waals surface area contributed by atoms with Crippen LogP contribution < -0.4 is 36.9 Å². The van der Waals surface area contributed by atoms with E-state index < -0.39 is 54.8 Å². The molecule has 0 spiro atoms. The van der Waals surface area contributed by atoms with Gasteiger partial charge in [0.1, 0.15) is 8.47 Å². The third kappa shape index (κ3) is 6560. The highest BCUT2D eigenvalue weighted by Crippen LogP contribution is 1.47. The molecule has 0 saturated carbocycles. The first-order valence-corrected chi connectivity index (χ1v) is 8.05. The van der Waals surface area contributed by atoms with Crippen molar-refractivity contribution in [3.63, 3.8) is 0 Å². The van der Waals surface area contributed by atoms with Crippen molar-refractivity contribution < 1.29 is 8.47 Å². The molecular weight excluding hydrogens is 522 g/mol. The predicted molar refractivity (Wildman–Crippen MR) is 225 cm³/mol. The van der Waals surface area contributed by atoms with E-state index in [9.17, 15) is 0 Å². The highest BCUT2D eigenvalue weighted by atomic mass is 31.0. The molecule has 0 fully saturated rings. The second kappa shape index (κ2) is 6970. The molecule has 33 heavy (non-hydrogen) atoms. The minimum absolute atomic E-state index is 0. The molecule has 0 aliphatic heterocycles. The van der Waals surface area contributed by atoms with E-state index in [1.54, 1.807) is 40.0 Å². The first kappa shape index (κ1) is 60.1. The zero-order valence-corrected chi connectivity index (χ0v) is 17.5. The molecule has 6 unspecified atom stereocenters. The van der Waals surface area contributed by atoms with Crippen molar-refractivity contribution in [3.05, 3.63) is 0 Å². The zero-order valence-electron chi connectivity index (χ0n) is 30.1. The smallest absolute Gasteiger partial charge is 0.115 e.